The normalized spacial score (nSPS) is 23.8. The van der Waals surface area contributed by atoms with Gasteiger partial charge >= 0.3 is 15.6 Å². The summed E-state index contributed by atoms with van der Waals surface area (Å²) < 4.78 is 57.5. The number of likely N-dealkylation sites (N-methyl/N-ethyl adjacent to an activating group) is 1. The maximum Gasteiger partial charge on any atom is 0.522 e. The minimum atomic E-state index is -5.84. The summed E-state index contributed by atoms with van der Waals surface area (Å²) in [6.45, 7) is 5.84. The molecule has 0 saturated carbocycles. The molecule has 5 nitrogen and oxygen atoms in total. The van der Waals surface area contributed by atoms with Crippen LogP contribution in [0.25, 0.3) is 0 Å². The lowest BCUT2D eigenvalue weighted by Gasteiger charge is -2.36. The van der Waals surface area contributed by atoms with Crippen LogP contribution in [-0.2, 0) is 10.1 Å². The molecule has 0 aromatic heterocycles. The van der Waals surface area contributed by atoms with Crippen molar-refractivity contribution in [2.75, 3.05) is 19.6 Å². The molecule has 112 valence electrons. The highest BCUT2D eigenvalue weighted by Gasteiger charge is 2.44. The quantitative estimate of drug-likeness (QED) is 0.589. The summed E-state index contributed by atoms with van der Waals surface area (Å²) in [5.41, 5.74) is -5.53. The molecule has 1 N–H and O–H groups in total. The summed E-state index contributed by atoms with van der Waals surface area (Å²) in [6.07, 6.45) is 7.99. The smallest absolute Gasteiger partial charge is 0.362 e. The van der Waals surface area contributed by atoms with Gasteiger partial charge in [0.05, 0.1) is 6.17 Å². The van der Waals surface area contributed by atoms with Crippen molar-refractivity contribution in [2.45, 2.75) is 31.4 Å². The molecule has 0 radical (unpaired) electrons. The zero-order valence-electron chi connectivity index (χ0n) is 10.5. The van der Waals surface area contributed by atoms with Crippen molar-refractivity contribution < 1.29 is 26.1 Å². The predicted molar refractivity (Wildman–Crippen MR) is 63.7 cm³/mol. The highest BCUT2D eigenvalue weighted by molar-refractivity contribution is 7.86. The fraction of sp³-hybridized carbons (Fsp3) is 0.800. The number of rotatable bonds is 1. The second kappa shape index (κ2) is 6.10. The Hall–Kier alpha value is -0.800. The number of hydrogen-bond donors (Lipinski definition) is 1. The Labute approximate surface area is 110 Å². The maximum absolute atomic E-state index is 10.7. The van der Waals surface area contributed by atoms with Crippen LogP contribution in [0.15, 0.2) is 12.3 Å². The lowest BCUT2D eigenvalue weighted by Crippen LogP contribution is -2.44. The van der Waals surface area contributed by atoms with Crippen LogP contribution < -0.4 is 0 Å². The van der Waals surface area contributed by atoms with Crippen LogP contribution in [0.2, 0.25) is 0 Å². The molecule has 0 aromatic rings. The van der Waals surface area contributed by atoms with Crippen molar-refractivity contribution in [2.24, 2.45) is 0 Å². The van der Waals surface area contributed by atoms with E-state index in [9.17, 15) is 13.2 Å². The van der Waals surface area contributed by atoms with Crippen molar-refractivity contribution in [3.8, 4) is 0 Å². The molecule has 0 amide bonds. The van der Waals surface area contributed by atoms with Gasteiger partial charge in [-0.05, 0) is 25.6 Å². The average molecular weight is 302 g/mol. The highest BCUT2D eigenvalue weighted by atomic mass is 32.2. The van der Waals surface area contributed by atoms with Crippen LogP contribution >= 0.6 is 0 Å². The van der Waals surface area contributed by atoms with Crippen LogP contribution in [-0.4, -0.2) is 54.1 Å². The molecule has 2 aliphatic rings. The van der Waals surface area contributed by atoms with Crippen LogP contribution in [0.4, 0.5) is 13.2 Å². The van der Waals surface area contributed by atoms with E-state index in [1.165, 1.54) is 25.9 Å². The molecular weight excluding hydrogens is 285 g/mol. The van der Waals surface area contributed by atoms with E-state index in [2.05, 4.69) is 29.0 Å². The van der Waals surface area contributed by atoms with E-state index < -0.39 is 15.6 Å². The average Bonchev–Trinajstić information content (AvgIpc) is 2.74. The number of alkyl halides is 3. The molecular formula is C10H17F3N2O3S. The second-order valence-corrected chi connectivity index (χ2v) is 5.67. The van der Waals surface area contributed by atoms with E-state index in [1.54, 1.807) is 0 Å². The summed E-state index contributed by atoms with van der Waals surface area (Å²) in [7, 11) is -5.84. The summed E-state index contributed by atoms with van der Waals surface area (Å²) in [5, 5.41) is 0. The van der Waals surface area contributed by atoms with Crippen LogP contribution in [0, 0.1) is 0 Å². The third-order valence-electron chi connectivity index (χ3n) is 3.02. The van der Waals surface area contributed by atoms with Crippen molar-refractivity contribution >= 4 is 10.1 Å². The van der Waals surface area contributed by atoms with Gasteiger partial charge in [0.1, 0.15) is 0 Å². The standard InChI is InChI=1S/C9H16N2.CHF3O3S/c1-2-10-7-4-8-11-6-3-5-9(10)11;2-1(3,4)8(5,6)7/h4,8-9H,2-3,5-7H2,1H3;(H,5,6,7). The van der Waals surface area contributed by atoms with Crippen LogP contribution in [0.3, 0.4) is 0 Å². The zero-order chi connectivity index (χ0) is 14.7. The first-order valence-electron chi connectivity index (χ1n) is 5.87. The first-order chi connectivity index (χ1) is 8.67. The fourth-order valence-corrected chi connectivity index (χ4v) is 2.12. The monoisotopic (exact) mass is 302 g/mol. The van der Waals surface area contributed by atoms with Crippen LogP contribution in [0.5, 0.6) is 0 Å². The van der Waals surface area contributed by atoms with Gasteiger partial charge in [-0.3, -0.25) is 9.45 Å². The second-order valence-electron chi connectivity index (χ2n) is 4.25. The summed E-state index contributed by atoms with van der Waals surface area (Å²) in [4.78, 5) is 5.00. The Morgan fingerprint density at radius 1 is 1.42 bits per heavy atom. The van der Waals surface area contributed by atoms with Gasteiger partial charge in [-0.1, -0.05) is 13.0 Å². The molecule has 2 rings (SSSR count). The highest BCUT2D eigenvalue weighted by Crippen LogP contribution is 2.23. The Morgan fingerprint density at radius 3 is 2.47 bits per heavy atom. The van der Waals surface area contributed by atoms with Crippen molar-refractivity contribution in [1.82, 2.24) is 9.80 Å². The molecule has 0 bridgehead atoms. The van der Waals surface area contributed by atoms with E-state index in [-0.39, 0.29) is 0 Å². The lowest BCUT2D eigenvalue weighted by atomic mass is 10.2. The minimum absolute atomic E-state index is 0.727. The molecule has 1 fully saturated rings. The third-order valence-corrected chi connectivity index (χ3v) is 3.60. The largest absolute Gasteiger partial charge is 0.522 e. The topological polar surface area (TPSA) is 60.9 Å². The Bertz CT molecular complexity index is 422. The van der Waals surface area contributed by atoms with E-state index in [0.29, 0.717) is 0 Å². The molecule has 9 heteroatoms. The summed E-state index contributed by atoms with van der Waals surface area (Å²) in [5.74, 6) is 0. The Kier molecular flexibility index (Phi) is 5.22. The van der Waals surface area contributed by atoms with Crippen LogP contribution in [0.1, 0.15) is 19.8 Å². The van der Waals surface area contributed by atoms with Gasteiger partial charge in [-0.2, -0.15) is 21.6 Å². The first kappa shape index (κ1) is 16.3. The summed E-state index contributed by atoms with van der Waals surface area (Å²) in [6, 6.07) is 0. The number of nitrogens with zero attached hydrogens (tertiary/aromatic N) is 2. The SMILES string of the molecule is CCN1CC=CN2CCCC21.O=S(=O)(O)C(F)(F)F. The van der Waals surface area contributed by atoms with Gasteiger partial charge in [0.2, 0.25) is 0 Å². The molecule has 1 unspecified atom stereocenters. The van der Waals surface area contributed by atoms with E-state index >= 15 is 0 Å². The van der Waals surface area contributed by atoms with E-state index in [0.717, 1.165) is 12.7 Å². The first-order valence-corrected chi connectivity index (χ1v) is 7.31. The van der Waals surface area contributed by atoms with Gasteiger partial charge in [-0.25, -0.2) is 0 Å². The molecule has 0 spiro atoms. The molecule has 0 aliphatic carbocycles. The molecule has 2 aliphatic heterocycles. The van der Waals surface area contributed by atoms with Gasteiger partial charge in [0, 0.05) is 13.1 Å². The van der Waals surface area contributed by atoms with Gasteiger partial charge in [-0.15, -0.1) is 0 Å². The Balaban J connectivity index is 0.000000203. The van der Waals surface area contributed by atoms with Crippen molar-refractivity contribution in [3.63, 3.8) is 0 Å². The zero-order valence-corrected chi connectivity index (χ0v) is 11.3. The number of fused-ring (bicyclic) bond motifs is 1. The molecule has 19 heavy (non-hydrogen) atoms. The molecule has 1 saturated heterocycles. The van der Waals surface area contributed by atoms with Crippen molar-refractivity contribution in [3.05, 3.63) is 12.3 Å². The number of halogens is 3. The maximum atomic E-state index is 10.7. The minimum Gasteiger partial charge on any atom is -0.362 e. The van der Waals surface area contributed by atoms with E-state index in [1.807, 2.05) is 0 Å². The Morgan fingerprint density at radius 2 is 2.00 bits per heavy atom. The summed E-state index contributed by atoms with van der Waals surface area (Å²) >= 11 is 0. The third kappa shape index (κ3) is 4.36. The van der Waals surface area contributed by atoms with E-state index in [4.69, 9.17) is 13.0 Å². The predicted octanol–water partition coefficient (Wildman–Crippen LogP) is 1.65. The van der Waals surface area contributed by atoms with Gasteiger partial charge in [0.15, 0.2) is 0 Å². The lowest BCUT2D eigenvalue weighted by molar-refractivity contribution is -0.0510. The van der Waals surface area contributed by atoms with Crippen molar-refractivity contribution in [1.29, 1.82) is 0 Å². The van der Waals surface area contributed by atoms with Gasteiger partial charge in [0.25, 0.3) is 0 Å². The molecule has 1 atom stereocenters. The fourth-order valence-electron chi connectivity index (χ4n) is 2.12. The number of hydrogen-bond acceptors (Lipinski definition) is 4. The molecule has 2 heterocycles. The van der Waals surface area contributed by atoms with Gasteiger partial charge < -0.3 is 4.90 Å². The molecule has 0 aromatic carbocycles.